The second kappa shape index (κ2) is 13.1. The molecule has 2 aromatic carbocycles. The third-order valence-corrected chi connectivity index (χ3v) is 8.62. The van der Waals surface area contributed by atoms with Crippen LogP contribution in [0.4, 0.5) is 5.82 Å². The summed E-state index contributed by atoms with van der Waals surface area (Å²) in [5.41, 5.74) is 3.14. The Balaban J connectivity index is 0.00000368. The van der Waals surface area contributed by atoms with E-state index in [1.165, 1.54) is 6.08 Å². The molecule has 0 bridgehead atoms. The highest BCUT2D eigenvalue weighted by atomic mass is 35.5. The quantitative estimate of drug-likeness (QED) is 0.250. The first kappa shape index (κ1) is 30.5. The first-order valence-corrected chi connectivity index (χ1v) is 14.6. The number of fused-ring (bicyclic) bond motifs is 2. The lowest BCUT2D eigenvalue weighted by Gasteiger charge is -2.40. The number of nitrogens with zero attached hydrogens (tertiary/aromatic N) is 7. The monoisotopic (exact) mass is 617 g/mol. The van der Waals surface area contributed by atoms with Gasteiger partial charge in [0.25, 0.3) is 0 Å². The smallest absolute Gasteiger partial charge is 0.319 e. The van der Waals surface area contributed by atoms with Crippen molar-refractivity contribution in [2.45, 2.75) is 31.3 Å². The Morgan fingerprint density at radius 1 is 1.19 bits per heavy atom. The fourth-order valence-electron chi connectivity index (χ4n) is 6.05. The van der Waals surface area contributed by atoms with E-state index in [2.05, 4.69) is 29.5 Å². The molecule has 4 aromatic rings. The fourth-order valence-corrected chi connectivity index (χ4v) is 6.33. The number of carbonyl (C=O) groups is 1. The van der Waals surface area contributed by atoms with Crippen molar-refractivity contribution in [3.63, 3.8) is 0 Å². The molecule has 0 saturated carbocycles. The van der Waals surface area contributed by atoms with Gasteiger partial charge in [-0.25, -0.2) is 0 Å². The van der Waals surface area contributed by atoms with Gasteiger partial charge in [-0.3, -0.25) is 9.78 Å². The van der Waals surface area contributed by atoms with E-state index in [4.69, 9.17) is 31.3 Å². The predicted octanol–water partition coefficient (Wildman–Crippen LogP) is 5.51. The molecule has 6 rings (SSSR count). The maximum Gasteiger partial charge on any atom is 0.319 e. The number of carbonyl (C=O) groups excluding carboxylic acids is 1. The first-order chi connectivity index (χ1) is 20.5. The Labute approximate surface area is 262 Å². The zero-order chi connectivity index (χ0) is 29.2. The van der Waals surface area contributed by atoms with Gasteiger partial charge in [0, 0.05) is 47.8 Å². The lowest BCUT2D eigenvalue weighted by atomic mass is 9.99. The van der Waals surface area contributed by atoms with Gasteiger partial charge in [0.1, 0.15) is 12.1 Å². The average Bonchev–Trinajstić information content (AvgIpc) is 3.43. The van der Waals surface area contributed by atoms with Crippen LogP contribution in [0.3, 0.4) is 0 Å². The molecule has 1 amide bonds. The van der Waals surface area contributed by atoms with Crippen molar-refractivity contribution in [1.29, 1.82) is 5.26 Å². The second-order valence-electron chi connectivity index (χ2n) is 10.9. The molecule has 222 valence electrons. The number of amides is 1. The maximum absolute atomic E-state index is 12.5. The summed E-state index contributed by atoms with van der Waals surface area (Å²) in [5, 5.41) is 12.2. The number of anilines is 1. The summed E-state index contributed by atoms with van der Waals surface area (Å²) >= 11 is 6.65. The van der Waals surface area contributed by atoms with E-state index in [1.54, 1.807) is 4.90 Å². The van der Waals surface area contributed by atoms with Gasteiger partial charge in [-0.1, -0.05) is 48.5 Å². The van der Waals surface area contributed by atoms with Gasteiger partial charge in [0.15, 0.2) is 5.82 Å². The van der Waals surface area contributed by atoms with E-state index in [1.807, 2.05) is 48.7 Å². The van der Waals surface area contributed by atoms with Gasteiger partial charge in [0.05, 0.1) is 24.0 Å². The van der Waals surface area contributed by atoms with Crippen LogP contribution in [0, 0.1) is 11.3 Å². The Morgan fingerprint density at radius 3 is 2.74 bits per heavy atom. The van der Waals surface area contributed by atoms with Crippen molar-refractivity contribution in [3.8, 4) is 23.2 Å². The van der Waals surface area contributed by atoms with E-state index in [0.717, 1.165) is 41.3 Å². The molecule has 2 fully saturated rings. The predicted molar refractivity (Wildman–Crippen MR) is 172 cm³/mol. The summed E-state index contributed by atoms with van der Waals surface area (Å²) in [7, 11) is 2.11. The second-order valence-corrected chi connectivity index (χ2v) is 11.3. The summed E-state index contributed by atoms with van der Waals surface area (Å²) in [6.45, 7) is 6.58. The van der Waals surface area contributed by atoms with Crippen molar-refractivity contribution in [1.82, 2.24) is 24.8 Å². The zero-order valence-electron chi connectivity index (χ0n) is 23.9. The minimum absolute atomic E-state index is 0. The van der Waals surface area contributed by atoms with E-state index < -0.39 is 0 Å². The van der Waals surface area contributed by atoms with Gasteiger partial charge in [0.2, 0.25) is 5.91 Å². The van der Waals surface area contributed by atoms with Crippen LogP contribution in [0.1, 0.15) is 19.3 Å². The molecule has 9 nitrogen and oxygen atoms in total. The third-order valence-electron chi connectivity index (χ3n) is 8.31. The van der Waals surface area contributed by atoms with Crippen LogP contribution in [0.15, 0.2) is 61.3 Å². The van der Waals surface area contributed by atoms with Crippen molar-refractivity contribution in [2.24, 2.45) is 0 Å². The number of likely N-dealkylation sites (tertiary alicyclic amines) is 1. The van der Waals surface area contributed by atoms with Crippen molar-refractivity contribution < 1.29 is 9.53 Å². The molecule has 0 aliphatic carbocycles. The summed E-state index contributed by atoms with van der Waals surface area (Å²) in [5.74, 6) is 0.453. The number of benzene rings is 2. The average molecular weight is 619 g/mol. The molecule has 2 saturated heterocycles. The fraction of sp³-hybridized carbons (Fsp3) is 0.344. The highest BCUT2D eigenvalue weighted by Crippen LogP contribution is 2.36. The largest absolute Gasteiger partial charge is 0.462 e. The van der Waals surface area contributed by atoms with E-state index in [9.17, 15) is 10.1 Å². The molecule has 43 heavy (non-hydrogen) atoms. The van der Waals surface area contributed by atoms with E-state index in [-0.39, 0.29) is 36.8 Å². The molecule has 11 heteroatoms. The van der Waals surface area contributed by atoms with Gasteiger partial charge in [-0.2, -0.15) is 15.2 Å². The molecule has 4 heterocycles. The standard InChI is InChI=1S/C32H32ClN7O2.ClH/c1-3-28(41)40-16-15-39(19-23(40)12-13-34)31-30-27(36-32(37-31)42-20-24-9-6-14-38(24)2)17-22(18-35-30)25-10-4-7-21-8-5-11-26(33)29(21)25;/h3-5,7-8,10-11,17-18,23-24H,1,6,9,12,14-16,19-20H2,2H3;1H. The van der Waals surface area contributed by atoms with Crippen LogP contribution in [-0.2, 0) is 4.79 Å². The molecule has 2 aliphatic heterocycles. The molecule has 2 aliphatic rings. The zero-order valence-corrected chi connectivity index (χ0v) is 25.5. The highest BCUT2D eigenvalue weighted by molar-refractivity contribution is 6.36. The van der Waals surface area contributed by atoms with Crippen molar-refractivity contribution >= 4 is 57.5 Å². The van der Waals surface area contributed by atoms with Crippen molar-refractivity contribution in [3.05, 3.63) is 66.3 Å². The van der Waals surface area contributed by atoms with E-state index in [0.29, 0.717) is 54.2 Å². The molecule has 2 unspecified atom stereocenters. The number of hydrogen-bond acceptors (Lipinski definition) is 8. The number of hydrogen-bond donors (Lipinski definition) is 0. The Morgan fingerprint density at radius 2 is 2.00 bits per heavy atom. The summed E-state index contributed by atoms with van der Waals surface area (Å²) in [6.07, 6.45) is 5.54. The molecule has 2 aromatic heterocycles. The lowest BCUT2D eigenvalue weighted by Crippen LogP contribution is -2.55. The molecular formula is C32H33Cl2N7O2. The number of pyridine rings is 1. The Hall–Kier alpha value is -3.97. The molecular weight excluding hydrogens is 585 g/mol. The summed E-state index contributed by atoms with van der Waals surface area (Å²) < 4.78 is 6.22. The topological polar surface area (TPSA) is 98.5 Å². The number of likely N-dealkylation sites (N-methyl/N-ethyl adjacent to an activating group) is 1. The number of nitriles is 1. The first-order valence-electron chi connectivity index (χ1n) is 14.2. The van der Waals surface area contributed by atoms with Gasteiger partial charge >= 0.3 is 6.01 Å². The van der Waals surface area contributed by atoms with E-state index >= 15 is 0 Å². The SMILES string of the molecule is C=CC(=O)N1CCN(c2nc(OCC3CCCN3C)nc3cc(-c4cccc5cccc(Cl)c45)cnc23)CC1CC#N.Cl. The van der Waals surface area contributed by atoms with Crippen LogP contribution < -0.4 is 9.64 Å². The summed E-state index contributed by atoms with van der Waals surface area (Å²) in [6, 6.07) is 16.5. The number of halogens is 2. The molecule has 2 atom stereocenters. The minimum atomic E-state index is -0.298. The Bertz CT molecular complexity index is 1700. The van der Waals surface area contributed by atoms with Crippen LogP contribution >= 0.6 is 24.0 Å². The number of ether oxygens (including phenoxy) is 1. The minimum Gasteiger partial charge on any atom is -0.462 e. The molecule has 0 N–H and O–H groups in total. The van der Waals surface area contributed by atoms with Crippen molar-refractivity contribution in [2.75, 3.05) is 44.7 Å². The summed E-state index contributed by atoms with van der Waals surface area (Å²) in [4.78, 5) is 33.1. The van der Waals surface area contributed by atoms with Crippen LogP contribution in [0.2, 0.25) is 5.02 Å². The lowest BCUT2D eigenvalue weighted by molar-refractivity contribution is -0.128. The van der Waals surface area contributed by atoms with Crippen LogP contribution in [0.5, 0.6) is 6.01 Å². The van der Waals surface area contributed by atoms with Crippen LogP contribution in [-0.4, -0.2) is 82.6 Å². The number of piperazine rings is 1. The number of aromatic nitrogens is 3. The van der Waals surface area contributed by atoms with Gasteiger partial charge in [-0.05, 0) is 55.6 Å². The van der Waals surface area contributed by atoms with Gasteiger partial charge < -0.3 is 19.4 Å². The highest BCUT2D eigenvalue weighted by Gasteiger charge is 2.31. The maximum atomic E-state index is 12.5. The third kappa shape index (κ3) is 6.09. The van der Waals surface area contributed by atoms with Gasteiger partial charge in [-0.15, -0.1) is 12.4 Å². The molecule has 0 spiro atoms. The number of rotatable bonds is 7. The molecule has 0 radical (unpaired) electrons. The van der Waals surface area contributed by atoms with Crippen LogP contribution in [0.25, 0.3) is 32.9 Å². The Kier molecular flexibility index (Phi) is 9.31. The normalized spacial score (nSPS) is 18.8.